The van der Waals surface area contributed by atoms with E-state index in [0.29, 0.717) is 59.2 Å². The molecule has 11 heteroatoms. The average molecular weight is 465 g/mol. The zero-order valence-corrected chi connectivity index (χ0v) is 20.1. The number of amides is 1. The van der Waals surface area contributed by atoms with Gasteiger partial charge in [-0.1, -0.05) is 0 Å². The summed E-state index contributed by atoms with van der Waals surface area (Å²) < 4.78 is 21.2. The van der Waals surface area contributed by atoms with Crippen LogP contribution in [0.1, 0.15) is 12.8 Å². The number of carboxylic acid groups (broad SMARTS) is 1. The van der Waals surface area contributed by atoms with Crippen LogP contribution in [-0.2, 0) is 28.5 Å². The standard InChI is InChI=1S/C21H44N4O7/c1-22-6-8-25(11-10-24(2)3)9-7-23-20(26)4-12-29-14-16-31-18-19-32-17-15-30-13-5-21(27)28/h22H,4-19H2,1-3H3,(H,23,26)(H,27,28). The molecular formula is C21H44N4O7. The summed E-state index contributed by atoms with van der Waals surface area (Å²) in [4.78, 5) is 26.7. The van der Waals surface area contributed by atoms with E-state index in [2.05, 4.69) is 34.5 Å². The lowest BCUT2D eigenvalue weighted by Crippen LogP contribution is -2.41. The molecule has 3 N–H and O–H groups in total. The van der Waals surface area contributed by atoms with Gasteiger partial charge in [-0.3, -0.25) is 14.5 Å². The van der Waals surface area contributed by atoms with Gasteiger partial charge in [-0.05, 0) is 21.1 Å². The molecule has 0 rings (SSSR count). The summed E-state index contributed by atoms with van der Waals surface area (Å²) >= 11 is 0. The van der Waals surface area contributed by atoms with E-state index < -0.39 is 5.97 Å². The molecule has 0 spiro atoms. The molecule has 0 aromatic carbocycles. The molecule has 0 atom stereocenters. The molecule has 190 valence electrons. The van der Waals surface area contributed by atoms with Gasteiger partial charge in [-0.15, -0.1) is 0 Å². The third kappa shape index (κ3) is 23.3. The van der Waals surface area contributed by atoms with E-state index in [1.165, 1.54) is 0 Å². The lowest BCUT2D eigenvalue weighted by Gasteiger charge is -2.24. The molecule has 0 aromatic heterocycles. The van der Waals surface area contributed by atoms with Gasteiger partial charge >= 0.3 is 5.97 Å². The molecular weight excluding hydrogens is 420 g/mol. The van der Waals surface area contributed by atoms with E-state index in [1.54, 1.807) is 0 Å². The summed E-state index contributed by atoms with van der Waals surface area (Å²) in [6.07, 6.45) is 0.330. The van der Waals surface area contributed by atoms with Crippen LogP contribution >= 0.6 is 0 Å². The van der Waals surface area contributed by atoms with E-state index in [4.69, 9.17) is 24.1 Å². The Hall–Kier alpha value is -1.34. The fourth-order valence-corrected chi connectivity index (χ4v) is 2.47. The maximum Gasteiger partial charge on any atom is 0.305 e. The number of carbonyl (C=O) groups is 2. The largest absolute Gasteiger partial charge is 0.481 e. The zero-order valence-electron chi connectivity index (χ0n) is 20.1. The van der Waals surface area contributed by atoms with Crippen LogP contribution in [0.5, 0.6) is 0 Å². The van der Waals surface area contributed by atoms with Gasteiger partial charge in [0.15, 0.2) is 0 Å². The van der Waals surface area contributed by atoms with E-state index in [-0.39, 0.29) is 18.9 Å². The van der Waals surface area contributed by atoms with Crippen LogP contribution in [0, 0.1) is 0 Å². The Labute approximate surface area is 192 Å². The minimum atomic E-state index is -0.875. The molecule has 11 nitrogen and oxygen atoms in total. The highest BCUT2D eigenvalue weighted by Crippen LogP contribution is 1.90. The number of nitrogens with zero attached hydrogens (tertiary/aromatic N) is 2. The van der Waals surface area contributed by atoms with Crippen LogP contribution < -0.4 is 10.6 Å². The Morgan fingerprint density at radius 2 is 1.22 bits per heavy atom. The lowest BCUT2D eigenvalue weighted by molar-refractivity contribution is -0.138. The third-order valence-electron chi connectivity index (χ3n) is 4.34. The van der Waals surface area contributed by atoms with Gasteiger partial charge in [0.2, 0.25) is 5.91 Å². The van der Waals surface area contributed by atoms with Gasteiger partial charge in [0.25, 0.3) is 0 Å². The van der Waals surface area contributed by atoms with Crippen LogP contribution in [0.25, 0.3) is 0 Å². The predicted octanol–water partition coefficient (Wildman–Crippen LogP) is -0.883. The maximum atomic E-state index is 11.9. The summed E-state index contributed by atoms with van der Waals surface area (Å²) in [5, 5.41) is 14.6. The summed E-state index contributed by atoms with van der Waals surface area (Å²) in [7, 11) is 6.06. The van der Waals surface area contributed by atoms with Gasteiger partial charge in [-0.25, -0.2) is 0 Å². The molecule has 0 heterocycles. The van der Waals surface area contributed by atoms with Gasteiger partial charge in [0.1, 0.15) is 0 Å². The topological polar surface area (TPSA) is 122 Å². The minimum absolute atomic E-state index is 0.00259. The number of carboxylic acids is 1. The van der Waals surface area contributed by atoms with Crippen molar-refractivity contribution < 1.29 is 33.6 Å². The molecule has 0 bridgehead atoms. The van der Waals surface area contributed by atoms with Crippen molar-refractivity contribution in [3.05, 3.63) is 0 Å². The number of hydrogen-bond acceptors (Lipinski definition) is 9. The first-order valence-corrected chi connectivity index (χ1v) is 11.3. The Morgan fingerprint density at radius 3 is 1.72 bits per heavy atom. The van der Waals surface area contributed by atoms with Crippen molar-refractivity contribution in [1.82, 2.24) is 20.4 Å². The van der Waals surface area contributed by atoms with E-state index in [1.807, 2.05) is 7.05 Å². The molecule has 32 heavy (non-hydrogen) atoms. The summed E-state index contributed by atoms with van der Waals surface area (Å²) in [5.41, 5.74) is 0. The van der Waals surface area contributed by atoms with Crippen molar-refractivity contribution in [2.45, 2.75) is 12.8 Å². The highest BCUT2D eigenvalue weighted by Gasteiger charge is 2.06. The number of aliphatic carboxylic acids is 1. The van der Waals surface area contributed by atoms with Crippen molar-refractivity contribution in [1.29, 1.82) is 0 Å². The van der Waals surface area contributed by atoms with Gasteiger partial charge in [0.05, 0.1) is 59.3 Å². The van der Waals surface area contributed by atoms with Crippen molar-refractivity contribution in [3.63, 3.8) is 0 Å². The molecule has 0 saturated heterocycles. The number of likely N-dealkylation sites (N-methyl/N-ethyl adjacent to an activating group) is 2. The highest BCUT2D eigenvalue weighted by atomic mass is 16.6. The van der Waals surface area contributed by atoms with E-state index >= 15 is 0 Å². The maximum absolute atomic E-state index is 11.9. The van der Waals surface area contributed by atoms with Gasteiger partial charge in [-0.2, -0.15) is 0 Å². The van der Waals surface area contributed by atoms with Crippen molar-refractivity contribution >= 4 is 11.9 Å². The van der Waals surface area contributed by atoms with E-state index in [0.717, 1.165) is 32.7 Å². The van der Waals surface area contributed by atoms with Crippen molar-refractivity contribution in [2.24, 2.45) is 0 Å². The minimum Gasteiger partial charge on any atom is -0.481 e. The first-order valence-electron chi connectivity index (χ1n) is 11.3. The van der Waals surface area contributed by atoms with Crippen LogP contribution in [0.3, 0.4) is 0 Å². The van der Waals surface area contributed by atoms with Crippen LogP contribution in [0.15, 0.2) is 0 Å². The Balaban J connectivity index is 3.47. The third-order valence-corrected chi connectivity index (χ3v) is 4.34. The number of nitrogens with one attached hydrogen (secondary N) is 2. The molecule has 0 fully saturated rings. The number of rotatable bonds is 24. The normalized spacial score (nSPS) is 11.4. The van der Waals surface area contributed by atoms with Crippen LogP contribution in [0.4, 0.5) is 0 Å². The summed E-state index contributed by atoms with van der Waals surface area (Å²) in [5.74, 6) is -0.883. The monoisotopic (exact) mass is 464 g/mol. The summed E-state index contributed by atoms with van der Waals surface area (Å²) in [6.45, 7) is 8.35. The lowest BCUT2D eigenvalue weighted by atomic mass is 10.4. The van der Waals surface area contributed by atoms with Gasteiger partial charge in [0, 0.05) is 45.7 Å². The van der Waals surface area contributed by atoms with Crippen molar-refractivity contribution in [3.8, 4) is 0 Å². The Kier molecular flexibility index (Phi) is 21.9. The van der Waals surface area contributed by atoms with Gasteiger partial charge < -0.3 is 39.6 Å². The molecule has 1 amide bonds. The second-order valence-electron chi connectivity index (χ2n) is 7.44. The molecule has 0 radical (unpaired) electrons. The fraction of sp³-hybridized carbons (Fsp3) is 0.905. The second kappa shape index (κ2) is 22.8. The smallest absolute Gasteiger partial charge is 0.305 e. The highest BCUT2D eigenvalue weighted by molar-refractivity contribution is 5.75. The SMILES string of the molecule is CNCCN(CCNC(=O)CCOCCOCCOCCOCCC(=O)O)CCN(C)C. The Bertz CT molecular complexity index is 456. The van der Waals surface area contributed by atoms with E-state index in [9.17, 15) is 9.59 Å². The molecule has 0 aliphatic carbocycles. The Morgan fingerprint density at radius 1 is 0.719 bits per heavy atom. The molecule has 0 unspecified atom stereocenters. The number of ether oxygens (including phenoxy) is 4. The molecule has 0 saturated carbocycles. The first kappa shape index (κ1) is 30.7. The molecule has 0 aliphatic heterocycles. The zero-order chi connectivity index (χ0) is 23.9. The number of hydrogen-bond donors (Lipinski definition) is 3. The average Bonchev–Trinajstić information content (AvgIpc) is 2.75. The molecule has 0 aromatic rings. The fourth-order valence-electron chi connectivity index (χ4n) is 2.47. The van der Waals surface area contributed by atoms with Crippen LogP contribution in [-0.4, -0.2) is 140 Å². The molecule has 0 aliphatic rings. The van der Waals surface area contributed by atoms with Crippen molar-refractivity contribution in [2.75, 3.05) is 113 Å². The second-order valence-corrected chi connectivity index (χ2v) is 7.44. The number of carbonyl (C=O) groups excluding carboxylic acids is 1. The quantitative estimate of drug-likeness (QED) is 0.155. The van der Waals surface area contributed by atoms with Crippen LogP contribution in [0.2, 0.25) is 0 Å². The predicted molar refractivity (Wildman–Crippen MR) is 122 cm³/mol. The summed E-state index contributed by atoms with van der Waals surface area (Å²) in [6, 6.07) is 0. The first-order chi connectivity index (χ1) is 15.5.